The Morgan fingerprint density at radius 3 is 1.83 bits per heavy atom. The van der Waals surface area contributed by atoms with Gasteiger partial charge in [-0.15, -0.1) is 0 Å². The molecule has 0 saturated heterocycles. The van der Waals surface area contributed by atoms with Crippen molar-refractivity contribution in [3.05, 3.63) is 72.9 Å². The molecule has 6 heteroatoms. The van der Waals surface area contributed by atoms with Gasteiger partial charge in [0.05, 0.1) is 6.10 Å². The van der Waals surface area contributed by atoms with E-state index in [0.29, 0.717) is 19.3 Å². The molecule has 41 heavy (non-hydrogen) atoms. The van der Waals surface area contributed by atoms with Gasteiger partial charge in [0.15, 0.2) is 0 Å². The van der Waals surface area contributed by atoms with Crippen LogP contribution in [0.15, 0.2) is 72.9 Å². The number of hydrogen-bond donors (Lipinski definition) is 2. The summed E-state index contributed by atoms with van der Waals surface area (Å²) < 4.78 is 10.1. The zero-order chi connectivity index (χ0) is 30.2. The molecule has 0 spiro atoms. The van der Waals surface area contributed by atoms with E-state index in [1.165, 1.54) is 25.7 Å². The largest absolute Gasteiger partial charge is 0.463 e. The van der Waals surface area contributed by atoms with Crippen molar-refractivity contribution < 1.29 is 29.3 Å². The van der Waals surface area contributed by atoms with Crippen LogP contribution in [0.3, 0.4) is 0 Å². The summed E-state index contributed by atoms with van der Waals surface area (Å²) in [5, 5.41) is 19.6. The Labute approximate surface area is 249 Å². The zero-order valence-corrected chi connectivity index (χ0v) is 25.6. The van der Waals surface area contributed by atoms with E-state index in [2.05, 4.69) is 44.2 Å². The van der Waals surface area contributed by atoms with Gasteiger partial charge in [0, 0.05) is 12.8 Å². The summed E-state index contributed by atoms with van der Waals surface area (Å²) in [6.45, 7) is 3.94. The van der Waals surface area contributed by atoms with E-state index in [0.717, 1.165) is 44.9 Å². The van der Waals surface area contributed by atoms with Crippen LogP contribution in [0.4, 0.5) is 0 Å². The predicted molar refractivity (Wildman–Crippen MR) is 169 cm³/mol. The van der Waals surface area contributed by atoms with Gasteiger partial charge in [0.25, 0.3) is 0 Å². The maximum absolute atomic E-state index is 11.8. The fourth-order valence-corrected chi connectivity index (χ4v) is 3.66. The molecule has 2 N–H and O–H groups in total. The molecule has 0 rings (SSSR count). The maximum atomic E-state index is 11.8. The summed E-state index contributed by atoms with van der Waals surface area (Å²) >= 11 is 0. The summed E-state index contributed by atoms with van der Waals surface area (Å²) in [6.07, 6.45) is 35.9. The van der Waals surface area contributed by atoms with Crippen molar-refractivity contribution in [2.24, 2.45) is 0 Å². The van der Waals surface area contributed by atoms with Crippen LogP contribution in [-0.2, 0) is 19.1 Å². The molecule has 0 bridgehead atoms. The van der Waals surface area contributed by atoms with Crippen molar-refractivity contribution >= 4 is 11.9 Å². The number of esters is 2. The Kier molecular flexibility index (Phi) is 28.3. The summed E-state index contributed by atoms with van der Waals surface area (Å²) in [4.78, 5) is 23.6. The molecule has 0 aromatic heterocycles. The molecule has 0 radical (unpaired) electrons. The molecule has 0 aromatic rings. The highest BCUT2D eigenvalue weighted by Crippen LogP contribution is 2.09. The lowest BCUT2D eigenvalue weighted by Crippen LogP contribution is -2.25. The summed E-state index contributed by atoms with van der Waals surface area (Å²) in [7, 11) is 0. The van der Waals surface area contributed by atoms with Crippen molar-refractivity contribution in [1.82, 2.24) is 0 Å². The number of ether oxygens (including phenoxy) is 2. The van der Waals surface area contributed by atoms with Crippen LogP contribution < -0.4 is 0 Å². The molecule has 1 unspecified atom stereocenters. The van der Waals surface area contributed by atoms with Gasteiger partial charge in [-0.05, 0) is 44.9 Å². The van der Waals surface area contributed by atoms with E-state index >= 15 is 0 Å². The topological polar surface area (TPSA) is 93.1 Å². The van der Waals surface area contributed by atoms with Crippen LogP contribution in [0.5, 0.6) is 0 Å². The highest BCUT2D eigenvalue weighted by Gasteiger charge is 2.11. The Bertz CT molecular complexity index is 805. The normalized spacial score (nSPS) is 14.0. The highest BCUT2D eigenvalue weighted by atomic mass is 16.6. The van der Waals surface area contributed by atoms with Crippen LogP contribution in [0, 0.1) is 0 Å². The lowest BCUT2D eigenvalue weighted by molar-refractivity contribution is -0.152. The van der Waals surface area contributed by atoms with E-state index in [1.807, 2.05) is 36.5 Å². The minimum atomic E-state index is -1.00. The third-order valence-electron chi connectivity index (χ3n) is 6.05. The van der Waals surface area contributed by atoms with Crippen molar-refractivity contribution in [2.45, 2.75) is 122 Å². The van der Waals surface area contributed by atoms with Gasteiger partial charge in [-0.25, -0.2) is 0 Å². The SMILES string of the molecule is CC/C=C\CC(O)/C=C/C=C/C/C=C\C/C=C\C/C=C\CCC(=O)OC[C@H](O)COC(=O)CCCCCCCCC. The molecule has 0 heterocycles. The van der Waals surface area contributed by atoms with Gasteiger partial charge in [0.1, 0.15) is 19.3 Å². The van der Waals surface area contributed by atoms with Crippen molar-refractivity contribution in [3.63, 3.8) is 0 Å². The van der Waals surface area contributed by atoms with Crippen LogP contribution in [0.25, 0.3) is 0 Å². The van der Waals surface area contributed by atoms with Gasteiger partial charge >= 0.3 is 11.9 Å². The lowest BCUT2D eigenvalue weighted by atomic mass is 10.1. The summed E-state index contributed by atoms with van der Waals surface area (Å²) in [5.41, 5.74) is 0. The fourth-order valence-electron chi connectivity index (χ4n) is 3.66. The first-order valence-electron chi connectivity index (χ1n) is 15.6. The third kappa shape index (κ3) is 30.1. The van der Waals surface area contributed by atoms with Gasteiger partial charge in [0.2, 0.25) is 0 Å². The standard InChI is InChI=1S/C35H56O6/c1-3-5-7-8-16-20-24-28-34(38)40-30-33(37)31-41-35(39)29-25-21-18-15-13-11-9-10-12-14-17-19-23-27-32(36)26-22-6-4-2/h6,10-13,17-19,21-23,27,32-33,36-37H,3-5,7-9,14-16,20,24-26,28-31H2,1-2H3/b12-10-,13-11-,19-17+,21-18-,22-6-,27-23+/t32?,33-/m1/s1. The number of rotatable bonds is 26. The second-order valence-corrected chi connectivity index (χ2v) is 10.0. The van der Waals surface area contributed by atoms with Gasteiger partial charge in [-0.3, -0.25) is 9.59 Å². The highest BCUT2D eigenvalue weighted by molar-refractivity contribution is 5.70. The molecule has 0 aromatic carbocycles. The number of aliphatic hydroxyl groups is 2. The monoisotopic (exact) mass is 572 g/mol. The summed E-state index contributed by atoms with van der Waals surface area (Å²) in [6, 6.07) is 0. The fraction of sp³-hybridized carbons (Fsp3) is 0.600. The van der Waals surface area contributed by atoms with Crippen molar-refractivity contribution in [1.29, 1.82) is 0 Å². The number of carbonyl (C=O) groups is 2. The molecule has 2 atom stereocenters. The van der Waals surface area contributed by atoms with Crippen molar-refractivity contribution in [3.8, 4) is 0 Å². The van der Waals surface area contributed by atoms with Crippen LogP contribution in [0.2, 0.25) is 0 Å². The molecular weight excluding hydrogens is 516 g/mol. The summed E-state index contributed by atoms with van der Waals surface area (Å²) in [5.74, 6) is -0.697. The number of hydrogen-bond acceptors (Lipinski definition) is 6. The van der Waals surface area contributed by atoms with Gasteiger partial charge in [-0.1, -0.05) is 125 Å². The van der Waals surface area contributed by atoms with E-state index in [4.69, 9.17) is 9.47 Å². The average Bonchev–Trinajstić information content (AvgIpc) is 2.96. The van der Waals surface area contributed by atoms with Gasteiger partial charge in [-0.2, -0.15) is 0 Å². The first kappa shape index (κ1) is 38.3. The second-order valence-electron chi connectivity index (χ2n) is 10.0. The van der Waals surface area contributed by atoms with Crippen LogP contribution >= 0.6 is 0 Å². The van der Waals surface area contributed by atoms with Crippen molar-refractivity contribution in [2.75, 3.05) is 13.2 Å². The quantitative estimate of drug-likeness (QED) is 0.0472. The first-order valence-corrected chi connectivity index (χ1v) is 15.6. The van der Waals surface area contributed by atoms with E-state index in [-0.39, 0.29) is 31.6 Å². The molecule has 0 saturated carbocycles. The van der Waals surface area contributed by atoms with E-state index < -0.39 is 12.2 Å². The van der Waals surface area contributed by atoms with E-state index in [1.54, 1.807) is 6.08 Å². The minimum Gasteiger partial charge on any atom is -0.463 e. The van der Waals surface area contributed by atoms with Gasteiger partial charge < -0.3 is 19.7 Å². The zero-order valence-electron chi connectivity index (χ0n) is 25.6. The average molecular weight is 573 g/mol. The maximum Gasteiger partial charge on any atom is 0.306 e. The molecular formula is C35H56O6. The molecule has 232 valence electrons. The first-order chi connectivity index (χ1) is 20.0. The molecule has 0 amide bonds. The number of carbonyl (C=O) groups excluding carboxylic acids is 2. The Hall–Kier alpha value is -2.70. The number of unbranched alkanes of at least 4 members (excludes halogenated alkanes) is 6. The number of aliphatic hydroxyl groups excluding tert-OH is 2. The Morgan fingerprint density at radius 2 is 1.20 bits per heavy atom. The minimum absolute atomic E-state index is 0.152. The van der Waals surface area contributed by atoms with E-state index in [9.17, 15) is 19.8 Å². The molecule has 0 aliphatic rings. The van der Waals surface area contributed by atoms with Crippen LogP contribution in [-0.4, -0.2) is 47.6 Å². The second kappa shape index (κ2) is 30.3. The third-order valence-corrected chi connectivity index (χ3v) is 6.05. The Balaban J connectivity index is 3.72. The molecule has 0 fully saturated rings. The lowest BCUT2D eigenvalue weighted by Gasteiger charge is -2.12. The Morgan fingerprint density at radius 1 is 0.634 bits per heavy atom. The molecule has 0 aliphatic carbocycles. The number of allylic oxidation sites excluding steroid dienone is 10. The van der Waals surface area contributed by atoms with Crippen LogP contribution in [0.1, 0.15) is 110 Å². The molecule has 0 aliphatic heterocycles. The molecule has 6 nitrogen and oxygen atoms in total. The predicted octanol–water partition coefficient (Wildman–Crippen LogP) is 8.02. The smallest absolute Gasteiger partial charge is 0.306 e.